The summed E-state index contributed by atoms with van der Waals surface area (Å²) in [5.41, 5.74) is 0. The van der Waals surface area contributed by atoms with Gasteiger partial charge in [0, 0.05) is 12.5 Å². The molecule has 1 saturated heterocycles. The number of rotatable bonds is 3. The van der Waals surface area contributed by atoms with Crippen molar-refractivity contribution < 1.29 is 9.47 Å². The lowest BCUT2D eigenvalue weighted by Crippen LogP contribution is -2.33. The fourth-order valence-electron chi connectivity index (χ4n) is 2.62. The second kappa shape index (κ2) is 6.97. The maximum absolute atomic E-state index is 6.12. The molecule has 0 aromatic carbocycles. The molecule has 3 heteroatoms. The van der Waals surface area contributed by atoms with Gasteiger partial charge in [0.1, 0.15) is 0 Å². The van der Waals surface area contributed by atoms with Gasteiger partial charge in [0.2, 0.25) is 0 Å². The second-order valence-electron chi connectivity index (χ2n) is 4.74. The number of ether oxygens (including phenoxy) is 2. The topological polar surface area (TPSA) is 18.5 Å². The Kier molecular flexibility index (Phi) is 5.59. The lowest BCUT2D eigenvalue weighted by atomic mass is 9.86. The van der Waals surface area contributed by atoms with Crippen molar-refractivity contribution in [3.05, 3.63) is 10.2 Å². The third kappa shape index (κ3) is 3.70. The van der Waals surface area contributed by atoms with Crippen LogP contribution in [0.5, 0.6) is 0 Å². The SMILES string of the molecule is IC=C[C@@H]1CCCC[C@H]1OC1CCCCO1. The summed E-state index contributed by atoms with van der Waals surface area (Å²) in [6, 6.07) is 0. The summed E-state index contributed by atoms with van der Waals surface area (Å²) in [4.78, 5) is 0. The molecular weight excluding hydrogens is 315 g/mol. The highest BCUT2D eigenvalue weighted by atomic mass is 127. The zero-order chi connectivity index (χ0) is 11.2. The molecule has 0 aromatic rings. The van der Waals surface area contributed by atoms with E-state index in [0.29, 0.717) is 12.0 Å². The molecule has 2 fully saturated rings. The quantitative estimate of drug-likeness (QED) is 0.725. The second-order valence-corrected chi connectivity index (χ2v) is 5.46. The standard InChI is InChI=1S/C13H21IO2/c14-9-8-11-5-1-2-6-12(11)16-13-7-3-4-10-15-13/h8-9,11-13H,1-7,10H2/t11-,12+,13?/m0/s1. The highest BCUT2D eigenvalue weighted by molar-refractivity contribution is 14.1. The van der Waals surface area contributed by atoms with Crippen LogP contribution in [0.4, 0.5) is 0 Å². The summed E-state index contributed by atoms with van der Waals surface area (Å²) in [6.07, 6.45) is 11.4. The van der Waals surface area contributed by atoms with Gasteiger partial charge in [0.25, 0.3) is 0 Å². The molecule has 1 unspecified atom stereocenters. The van der Waals surface area contributed by atoms with Crippen LogP contribution in [0, 0.1) is 5.92 Å². The fourth-order valence-corrected chi connectivity index (χ4v) is 3.15. The first-order valence-electron chi connectivity index (χ1n) is 6.44. The molecule has 1 aliphatic heterocycles. The van der Waals surface area contributed by atoms with Gasteiger partial charge in [-0.3, -0.25) is 0 Å². The van der Waals surface area contributed by atoms with E-state index in [1.54, 1.807) is 0 Å². The third-order valence-electron chi connectivity index (χ3n) is 3.54. The summed E-state index contributed by atoms with van der Waals surface area (Å²) in [7, 11) is 0. The Bertz CT molecular complexity index is 224. The monoisotopic (exact) mass is 336 g/mol. The Morgan fingerprint density at radius 2 is 1.88 bits per heavy atom. The van der Waals surface area contributed by atoms with Crippen LogP contribution in [0.15, 0.2) is 10.2 Å². The van der Waals surface area contributed by atoms with Crippen molar-refractivity contribution in [3.63, 3.8) is 0 Å². The van der Waals surface area contributed by atoms with Crippen LogP contribution in [-0.2, 0) is 9.47 Å². The summed E-state index contributed by atoms with van der Waals surface area (Å²) in [5.74, 6) is 0.608. The summed E-state index contributed by atoms with van der Waals surface area (Å²) >= 11 is 2.30. The van der Waals surface area contributed by atoms with Gasteiger partial charge in [-0.25, -0.2) is 0 Å². The first-order valence-corrected chi connectivity index (χ1v) is 7.68. The lowest BCUT2D eigenvalue weighted by Gasteiger charge is -2.34. The molecule has 0 radical (unpaired) electrons. The summed E-state index contributed by atoms with van der Waals surface area (Å²) in [6.45, 7) is 0.879. The van der Waals surface area contributed by atoms with E-state index in [0.717, 1.165) is 13.0 Å². The summed E-state index contributed by atoms with van der Waals surface area (Å²) in [5, 5.41) is 0. The molecule has 3 atom stereocenters. The average Bonchev–Trinajstić information content (AvgIpc) is 2.33. The predicted octanol–water partition coefficient (Wildman–Crippen LogP) is 4.04. The van der Waals surface area contributed by atoms with Crippen LogP contribution in [-0.4, -0.2) is 19.0 Å². The lowest BCUT2D eigenvalue weighted by molar-refractivity contribution is -0.199. The van der Waals surface area contributed by atoms with Crippen molar-refractivity contribution in [2.45, 2.75) is 57.3 Å². The Morgan fingerprint density at radius 3 is 2.62 bits per heavy atom. The van der Waals surface area contributed by atoms with E-state index in [1.165, 1.54) is 38.5 Å². The van der Waals surface area contributed by atoms with E-state index in [2.05, 4.69) is 32.7 Å². The predicted molar refractivity (Wildman–Crippen MR) is 73.6 cm³/mol. The van der Waals surface area contributed by atoms with Gasteiger partial charge in [-0.2, -0.15) is 0 Å². The van der Waals surface area contributed by atoms with E-state index in [-0.39, 0.29) is 6.29 Å². The Morgan fingerprint density at radius 1 is 1.06 bits per heavy atom. The average molecular weight is 336 g/mol. The molecule has 0 bridgehead atoms. The molecule has 0 aromatic heterocycles. The maximum Gasteiger partial charge on any atom is 0.157 e. The fraction of sp³-hybridized carbons (Fsp3) is 0.846. The molecule has 92 valence electrons. The number of hydrogen-bond acceptors (Lipinski definition) is 2. The molecular formula is C13H21IO2. The highest BCUT2D eigenvalue weighted by Crippen LogP contribution is 2.30. The van der Waals surface area contributed by atoms with Gasteiger partial charge in [0.15, 0.2) is 6.29 Å². The van der Waals surface area contributed by atoms with Crippen LogP contribution >= 0.6 is 22.6 Å². The van der Waals surface area contributed by atoms with E-state index in [4.69, 9.17) is 9.47 Å². The Balaban J connectivity index is 1.84. The molecule has 2 nitrogen and oxygen atoms in total. The van der Waals surface area contributed by atoms with Crippen LogP contribution in [0.25, 0.3) is 0 Å². The van der Waals surface area contributed by atoms with E-state index >= 15 is 0 Å². The van der Waals surface area contributed by atoms with Crippen LogP contribution in [0.2, 0.25) is 0 Å². The number of hydrogen-bond donors (Lipinski definition) is 0. The van der Waals surface area contributed by atoms with E-state index in [9.17, 15) is 0 Å². The smallest absolute Gasteiger partial charge is 0.157 e. The van der Waals surface area contributed by atoms with Crippen molar-refractivity contribution in [2.75, 3.05) is 6.61 Å². The zero-order valence-corrected chi connectivity index (χ0v) is 11.9. The molecule has 2 aliphatic rings. The van der Waals surface area contributed by atoms with Crippen LogP contribution in [0.1, 0.15) is 44.9 Å². The highest BCUT2D eigenvalue weighted by Gasteiger charge is 2.27. The molecule has 0 spiro atoms. The molecule has 1 heterocycles. The minimum atomic E-state index is 0.0713. The van der Waals surface area contributed by atoms with Crippen molar-refractivity contribution >= 4 is 22.6 Å². The van der Waals surface area contributed by atoms with Crippen molar-refractivity contribution in [2.24, 2.45) is 5.92 Å². The molecule has 0 amide bonds. The van der Waals surface area contributed by atoms with Crippen LogP contribution in [0.3, 0.4) is 0 Å². The molecule has 16 heavy (non-hydrogen) atoms. The van der Waals surface area contributed by atoms with E-state index < -0.39 is 0 Å². The van der Waals surface area contributed by atoms with Gasteiger partial charge in [-0.1, -0.05) is 41.5 Å². The van der Waals surface area contributed by atoms with Crippen molar-refractivity contribution in [3.8, 4) is 0 Å². The van der Waals surface area contributed by atoms with Crippen LogP contribution < -0.4 is 0 Å². The minimum absolute atomic E-state index is 0.0713. The first-order chi connectivity index (χ1) is 7.90. The summed E-state index contributed by atoms with van der Waals surface area (Å²) < 4.78 is 13.9. The Labute approximate surface area is 112 Å². The Hall–Kier alpha value is 0.390. The molecule has 1 saturated carbocycles. The molecule has 2 rings (SSSR count). The normalized spacial score (nSPS) is 36.7. The zero-order valence-electron chi connectivity index (χ0n) is 9.74. The largest absolute Gasteiger partial charge is 0.353 e. The maximum atomic E-state index is 6.12. The van der Waals surface area contributed by atoms with Crippen molar-refractivity contribution in [1.82, 2.24) is 0 Å². The molecule has 0 N–H and O–H groups in total. The van der Waals surface area contributed by atoms with Gasteiger partial charge < -0.3 is 9.47 Å². The molecule has 1 aliphatic carbocycles. The van der Waals surface area contributed by atoms with Gasteiger partial charge in [-0.15, -0.1) is 0 Å². The third-order valence-corrected chi connectivity index (χ3v) is 3.95. The van der Waals surface area contributed by atoms with E-state index in [1.807, 2.05) is 0 Å². The van der Waals surface area contributed by atoms with Gasteiger partial charge in [0.05, 0.1) is 6.10 Å². The van der Waals surface area contributed by atoms with Gasteiger partial charge in [-0.05, 0) is 36.2 Å². The number of halogens is 1. The first kappa shape index (κ1) is 12.8. The minimum Gasteiger partial charge on any atom is -0.353 e. The van der Waals surface area contributed by atoms with Crippen molar-refractivity contribution in [1.29, 1.82) is 0 Å². The van der Waals surface area contributed by atoms with Gasteiger partial charge >= 0.3 is 0 Å².